The lowest BCUT2D eigenvalue weighted by Gasteiger charge is -2.06. The molecule has 1 unspecified atom stereocenters. The zero-order chi connectivity index (χ0) is 13.4. The Labute approximate surface area is 107 Å². The molecule has 3 rings (SSSR count). The summed E-state index contributed by atoms with van der Waals surface area (Å²) in [7, 11) is 0. The summed E-state index contributed by atoms with van der Waals surface area (Å²) >= 11 is 0. The molecule has 3 aromatic rings. The van der Waals surface area contributed by atoms with E-state index in [9.17, 15) is 4.79 Å². The molecule has 0 amide bonds. The monoisotopic (exact) mass is 258 g/mol. The van der Waals surface area contributed by atoms with Crippen LogP contribution in [0.1, 0.15) is 13.0 Å². The summed E-state index contributed by atoms with van der Waals surface area (Å²) in [6.07, 6.45) is 0. The van der Waals surface area contributed by atoms with Crippen LogP contribution in [0.4, 0.5) is 0 Å². The van der Waals surface area contributed by atoms with Crippen LogP contribution in [0.15, 0.2) is 24.3 Å². The molecule has 0 fully saturated rings. The van der Waals surface area contributed by atoms with Crippen LogP contribution in [-0.2, 0) is 4.79 Å². The van der Waals surface area contributed by atoms with Gasteiger partial charge in [-0.15, -0.1) is 5.10 Å². The zero-order valence-electron chi connectivity index (χ0n) is 9.98. The minimum atomic E-state index is -1.01. The minimum Gasteiger partial charge on any atom is -0.480 e. The highest BCUT2D eigenvalue weighted by atomic mass is 16.4. The lowest BCUT2D eigenvalue weighted by Crippen LogP contribution is -2.18. The second kappa shape index (κ2) is 4.16. The van der Waals surface area contributed by atoms with Crippen LogP contribution in [0.5, 0.6) is 0 Å². The molecule has 0 aliphatic carbocycles. The average molecular weight is 258 g/mol. The van der Waals surface area contributed by atoms with Gasteiger partial charge in [-0.3, -0.25) is 5.10 Å². The largest absolute Gasteiger partial charge is 0.480 e. The Balaban J connectivity index is 2.18. The summed E-state index contributed by atoms with van der Waals surface area (Å²) in [6.45, 7) is 1.51. The molecule has 2 N–H and O–H groups in total. The molecule has 0 bridgehead atoms. The third kappa shape index (κ3) is 1.73. The minimum absolute atomic E-state index is 0.326. The van der Waals surface area contributed by atoms with E-state index in [-0.39, 0.29) is 0 Å². The Hall–Kier alpha value is -2.77. The van der Waals surface area contributed by atoms with Gasteiger partial charge in [0.25, 0.3) is 0 Å². The Bertz CT molecular complexity index is 746. The number of nitrogens with one attached hydrogen (secondary N) is 1. The van der Waals surface area contributed by atoms with Crippen molar-refractivity contribution in [2.45, 2.75) is 13.0 Å². The number of aromatic nitrogens is 6. The summed E-state index contributed by atoms with van der Waals surface area (Å²) in [4.78, 5) is 11.0. The maximum absolute atomic E-state index is 11.0. The Morgan fingerprint density at radius 1 is 1.42 bits per heavy atom. The van der Waals surface area contributed by atoms with E-state index >= 15 is 0 Å². The smallest absolute Gasteiger partial charge is 0.328 e. The van der Waals surface area contributed by atoms with E-state index in [0.717, 1.165) is 10.9 Å². The average Bonchev–Trinajstić information content (AvgIpc) is 3.03. The molecule has 0 radical (unpaired) electrons. The summed E-state index contributed by atoms with van der Waals surface area (Å²) < 4.78 is 1.24. The van der Waals surface area contributed by atoms with Crippen molar-refractivity contribution in [3.63, 3.8) is 0 Å². The Morgan fingerprint density at radius 3 is 3.00 bits per heavy atom. The molecule has 2 aromatic heterocycles. The molecule has 1 atom stereocenters. The summed E-state index contributed by atoms with van der Waals surface area (Å²) in [5.41, 5.74) is 1.38. The fourth-order valence-corrected chi connectivity index (χ4v) is 1.85. The van der Waals surface area contributed by atoms with Gasteiger partial charge < -0.3 is 5.11 Å². The third-order valence-electron chi connectivity index (χ3n) is 2.90. The van der Waals surface area contributed by atoms with E-state index in [4.69, 9.17) is 5.11 Å². The number of tetrazole rings is 1. The van der Waals surface area contributed by atoms with Gasteiger partial charge in [-0.2, -0.15) is 5.10 Å². The van der Waals surface area contributed by atoms with E-state index in [2.05, 4.69) is 25.7 Å². The van der Waals surface area contributed by atoms with Gasteiger partial charge >= 0.3 is 5.97 Å². The van der Waals surface area contributed by atoms with E-state index in [0.29, 0.717) is 11.5 Å². The van der Waals surface area contributed by atoms with Gasteiger partial charge in [0, 0.05) is 5.39 Å². The van der Waals surface area contributed by atoms with Gasteiger partial charge in [0.05, 0.1) is 5.52 Å². The highest BCUT2D eigenvalue weighted by molar-refractivity contribution is 5.91. The van der Waals surface area contributed by atoms with Crippen molar-refractivity contribution in [3.8, 4) is 11.5 Å². The number of carbonyl (C=O) groups is 1. The van der Waals surface area contributed by atoms with Crippen molar-refractivity contribution in [3.05, 3.63) is 24.3 Å². The first-order valence-corrected chi connectivity index (χ1v) is 5.62. The SMILES string of the molecule is CC(C(=O)O)n1nnnc1-c1n[nH]c2ccccc12. The first-order chi connectivity index (χ1) is 9.18. The fourth-order valence-electron chi connectivity index (χ4n) is 1.85. The fraction of sp³-hybridized carbons (Fsp3) is 0.182. The van der Waals surface area contributed by atoms with Crippen molar-refractivity contribution in [1.29, 1.82) is 0 Å². The number of carboxylic acid groups (broad SMARTS) is 1. The number of H-pyrrole nitrogens is 1. The predicted molar refractivity (Wildman–Crippen MR) is 65.3 cm³/mol. The lowest BCUT2D eigenvalue weighted by atomic mass is 10.2. The number of hydrogen-bond donors (Lipinski definition) is 2. The number of hydrogen-bond acceptors (Lipinski definition) is 5. The van der Waals surface area contributed by atoms with Gasteiger partial charge in [0.15, 0.2) is 6.04 Å². The molecule has 0 spiro atoms. The van der Waals surface area contributed by atoms with Crippen LogP contribution < -0.4 is 0 Å². The molecule has 19 heavy (non-hydrogen) atoms. The van der Waals surface area contributed by atoms with Crippen LogP contribution in [-0.4, -0.2) is 41.5 Å². The van der Waals surface area contributed by atoms with Crippen LogP contribution in [0.3, 0.4) is 0 Å². The van der Waals surface area contributed by atoms with Crippen molar-refractivity contribution in [2.24, 2.45) is 0 Å². The highest BCUT2D eigenvalue weighted by Crippen LogP contribution is 2.25. The van der Waals surface area contributed by atoms with E-state index in [1.54, 1.807) is 0 Å². The first-order valence-electron chi connectivity index (χ1n) is 5.62. The maximum atomic E-state index is 11.0. The highest BCUT2D eigenvalue weighted by Gasteiger charge is 2.22. The number of rotatable bonds is 3. The van der Waals surface area contributed by atoms with Gasteiger partial charge in [0.2, 0.25) is 5.82 Å². The van der Waals surface area contributed by atoms with Crippen molar-refractivity contribution in [1.82, 2.24) is 30.4 Å². The van der Waals surface area contributed by atoms with Crippen molar-refractivity contribution >= 4 is 16.9 Å². The Morgan fingerprint density at radius 2 is 2.21 bits per heavy atom. The molecular weight excluding hydrogens is 248 g/mol. The van der Waals surface area contributed by atoms with Crippen LogP contribution in [0.2, 0.25) is 0 Å². The van der Waals surface area contributed by atoms with Gasteiger partial charge in [0.1, 0.15) is 5.69 Å². The molecule has 0 saturated carbocycles. The number of para-hydroxylation sites is 1. The standard InChI is InChI=1S/C11H10N6O2/c1-6(11(18)19)17-10(14-15-16-17)9-7-4-2-3-5-8(7)12-13-9/h2-6H,1H3,(H,12,13)(H,18,19). The normalized spacial score (nSPS) is 12.7. The Kier molecular flexibility index (Phi) is 2.48. The topological polar surface area (TPSA) is 110 Å². The molecule has 0 aliphatic rings. The molecule has 0 saturated heterocycles. The summed E-state index contributed by atoms with van der Waals surface area (Å²) in [6, 6.07) is 6.64. The predicted octanol–water partition coefficient (Wildman–Crippen LogP) is 0.862. The molecule has 8 nitrogen and oxygen atoms in total. The van der Waals surface area contributed by atoms with Crippen LogP contribution >= 0.6 is 0 Å². The number of fused-ring (bicyclic) bond motifs is 1. The van der Waals surface area contributed by atoms with E-state index in [1.165, 1.54) is 11.6 Å². The van der Waals surface area contributed by atoms with Crippen molar-refractivity contribution in [2.75, 3.05) is 0 Å². The maximum Gasteiger partial charge on any atom is 0.328 e. The first kappa shape index (κ1) is 11.3. The second-order valence-electron chi connectivity index (χ2n) is 4.08. The van der Waals surface area contributed by atoms with E-state index in [1.807, 2.05) is 24.3 Å². The lowest BCUT2D eigenvalue weighted by molar-refractivity contribution is -0.140. The van der Waals surface area contributed by atoms with Gasteiger partial charge in [-0.1, -0.05) is 18.2 Å². The summed E-state index contributed by atoms with van der Waals surface area (Å²) in [5.74, 6) is -0.680. The third-order valence-corrected chi connectivity index (χ3v) is 2.90. The number of aromatic amines is 1. The van der Waals surface area contributed by atoms with Gasteiger partial charge in [-0.05, 0) is 23.4 Å². The number of aliphatic carboxylic acids is 1. The van der Waals surface area contributed by atoms with Crippen LogP contribution in [0.25, 0.3) is 22.4 Å². The zero-order valence-corrected chi connectivity index (χ0v) is 9.98. The number of carboxylic acids is 1. The molecule has 0 aliphatic heterocycles. The molecule has 8 heteroatoms. The van der Waals surface area contributed by atoms with Crippen LogP contribution in [0, 0.1) is 0 Å². The van der Waals surface area contributed by atoms with Gasteiger partial charge in [-0.25, -0.2) is 9.48 Å². The van der Waals surface area contributed by atoms with E-state index < -0.39 is 12.0 Å². The number of benzene rings is 1. The molecule has 2 heterocycles. The van der Waals surface area contributed by atoms with Crippen molar-refractivity contribution < 1.29 is 9.90 Å². The molecular formula is C11H10N6O2. The molecule has 96 valence electrons. The summed E-state index contributed by atoms with van der Waals surface area (Å²) in [5, 5.41) is 28.0. The quantitative estimate of drug-likeness (QED) is 0.721. The second-order valence-corrected chi connectivity index (χ2v) is 4.08. The molecule has 1 aromatic carbocycles. The number of nitrogens with zero attached hydrogens (tertiary/aromatic N) is 5.